The maximum absolute atomic E-state index is 13.5. The molecule has 0 radical (unpaired) electrons. The Morgan fingerprint density at radius 2 is 1.03 bits per heavy atom. The fraction of sp³-hybridized carbons (Fsp3) is 0.217. The Morgan fingerprint density at radius 1 is 0.567 bits per heavy atom. The van der Waals surface area contributed by atoms with Gasteiger partial charge in [0.15, 0.2) is 11.6 Å². The number of hydrogen-bond acceptors (Lipinski definition) is 12. The smallest absolute Gasteiger partial charge is 0.258 e. The van der Waals surface area contributed by atoms with E-state index in [0.717, 1.165) is 25.0 Å². The van der Waals surface area contributed by atoms with Crippen LogP contribution in [0.5, 0.6) is 11.5 Å². The van der Waals surface area contributed by atoms with E-state index in [1.54, 1.807) is 36.4 Å². The van der Waals surface area contributed by atoms with E-state index in [9.17, 15) is 28.8 Å². The summed E-state index contributed by atoms with van der Waals surface area (Å²) in [6.45, 7) is 2.31. The molecule has 0 aromatic heterocycles. The zero-order valence-electron chi connectivity index (χ0n) is 36.1. The minimum Gasteiger partial charge on any atom is -0.495 e. The molecule has 67 heavy (non-hydrogen) atoms. The van der Waals surface area contributed by atoms with Gasteiger partial charge in [0.1, 0.15) is 22.9 Å². The van der Waals surface area contributed by atoms with Crippen LogP contribution in [0.2, 0.25) is 10.0 Å². The molecule has 5 rings (SSSR count). The molecule has 4 amide bonds. The minimum atomic E-state index is -1.64. The number of anilines is 4. The fourth-order valence-corrected chi connectivity index (χ4v) is 7.22. The highest BCUT2D eigenvalue weighted by Crippen LogP contribution is 2.34. The SMILES string of the molecule is COc1ccc(CCl)cc1NC(=O)c1cccc(N=NC(C(C)=O)C(=O)Nc2ccc(NC(=O)C(N=Nc3cccc(C(=O)Nc4cc(CCl)ccc4OC)c3Cl)C(C)=O)c(CCCl)c2)c1Cl. The number of ether oxygens (including phenoxy) is 2. The molecule has 2 unspecified atom stereocenters. The summed E-state index contributed by atoms with van der Waals surface area (Å²) in [6, 6.07) is 20.1. The summed E-state index contributed by atoms with van der Waals surface area (Å²) in [6.07, 6.45) is 0.197. The fourth-order valence-electron chi connectivity index (χ4n) is 6.19. The van der Waals surface area contributed by atoms with Gasteiger partial charge in [0.2, 0.25) is 12.1 Å². The third kappa shape index (κ3) is 13.4. The van der Waals surface area contributed by atoms with Crippen LogP contribution in [0.25, 0.3) is 0 Å². The summed E-state index contributed by atoms with van der Waals surface area (Å²) in [7, 11) is 2.90. The molecule has 0 saturated heterocycles. The molecular formula is C46H41Cl5N8O8. The van der Waals surface area contributed by atoms with E-state index in [4.69, 9.17) is 67.5 Å². The highest BCUT2D eigenvalue weighted by atomic mass is 35.5. The second-order valence-corrected chi connectivity index (χ2v) is 15.9. The predicted octanol–water partition coefficient (Wildman–Crippen LogP) is 11.1. The Labute approximate surface area is 409 Å². The van der Waals surface area contributed by atoms with Gasteiger partial charge in [-0.2, -0.15) is 20.5 Å². The van der Waals surface area contributed by atoms with Crippen LogP contribution in [0.1, 0.15) is 51.3 Å². The topological polar surface area (TPSA) is 218 Å². The number of nitrogens with one attached hydrogen (secondary N) is 4. The number of benzene rings is 5. The first-order valence-electron chi connectivity index (χ1n) is 19.9. The lowest BCUT2D eigenvalue weighted by Crippen LogP contribution is -2.32. The summed E-state index contributed by atoms with van der Waals surface area (Å²) in [5, 5.41) is 26.6. The molecule has 0 heterocycles. The van der Waals surface area contributed by atoms with Crippen LogP contribution in [-0.4, -0.2) is 67.4 Å². The lowest BCUT2D eigenvalue weighted by Gasteiger charge is -2.16. The molecule has 5 aromatic carbocycles. The summed E-state index contributed by atoms with van der Waals surface area (Å²) >= 11 is 31.2. The van der Waals surface area contributed by atoms with Crippen LogP contribution >= 0.6 is 58.0 Å². The second kappa shape index (κ2) is 24.4. The van der Waals surface area contributed by atoms with Crippen molar-refractivity contribution in [1.82, 2.24) is 0 Å². The van der Waals surface area contributed by atoms with Crippen LogP contribution in [-0.2, 0) is 37.4 Å². The highest BCUT2D eigenvalue weighted by molar-refractivity contribution is 6.37. The zero-order chi connectivity index (χ0) is 48.8. The van der Waals surface area contributed by atoms with Crippen LogP contribution in [0, 0.1) is 0 Å². The van der Waals surface area contributed by atoms with Gasteiger partial charge in [-0.25, -0.2) is 0 Å². The molecule has 5 aromatic rings. The number of alkyl halides is 3. The Bertz CT molecular complexity index is 2770. The molecule has 0 bridgehead atoms. The number of nitrogens with zero attached hydrogens (tertiary/aromatic N) is 4. The van der Waals surface area contributed by atoms with Gasteiger partial charge in [-0.15, -0.1) is 34.8 Å². The zero-order valence-corrected chi connectivity index (χ0v) is 39.9. The van der Waals surface area contributed by atoms with E-state index in [-0.39, 0.29) is 68.0 Å². The van der Waals surface area contributed by atoms with Gasteiger partial charge in [0, 0.05) is 29.0 Å². The average Bonchev–Trinajstić information content (AvgIpc) is 3.30. The van der Waals surface area contributed by atoms with Crippen molar-refractivity contribution < 1.29 is 38.2 Å². The maximum atomic E-state index is 13.5. The van der Waals surface area contributed by atoms with E-state index in [1.807, 2.05) is 0 Å². The lowest BCUT2D eigenvalue weighted by molar-refractivity contribution is -0.127. The van der Waals surface area contributed by atoms with Crippen molar-refractivity contribution >= 4 is 127 Å². The first-order valence-corrected chi connectivity index (χ1v) is 22.3. The van der Waals surface area contributed by atoms with Crippen molar-refractivity contribution in [2.24, 2.45) is 20.5 Å². The van der Waals surface area contributed by atoms with Crippen LogP contribution < -0.4 is 30.7 Å². The number of carbonyl (C=O) groups excluding carboxylic acids is 6. The lowest BCUT2D eigenvalue weighted by atomic mass is 10.1. The summed E-state index contributed by atoms with van der Waals surface area (Å²) in [4.78, 5) is 78.9. The third-order valence-electron chi connectivity index (χ3n) is 9.60. The molecule has 2 atom stereocenters. The second-order valence-electron chi connectivity index (χ2n) is 14.3. The monoisotopic (exact) mass is 1010 g/mol. The molecule has 0 fully saturated rings. The normalized spacial score (nSPS) is 12.0. The van der Waals surface area contributed by atoms with Gasteiger partial charge in [-0.1, -0.05) is 47.5 Å². The number of ketones is 2. The number of azo groups is 2. The molecule has 0 aliphatic carbocycles. The number of aryl methyl sites for hydroxylation is 1. The predicted molar refractivity (Wildman–Crippen MR) is 260 cm³/mol. The van der Waals surface area contributed by atoms with Crippen LogP contribution in [0.3, 0.4) is 0 Å². The quantitative estimate of drug-likeness (QED) is 0.0333. The van der Waals surface area contributed by atoms with Gasteiger partial charge in [-0.3, -0.25) is 28.8 Å². The van der Waals surface area contributed by atoms with Crippen LogP contribution in [0.4, 0.5) is 34.1 Å². The molecular weight excluding hydrogens is 970 g/mol. The van der Waals surface area contributed by atoms with Crippen molar-refractivity contribution in [2.45, 2.75) is 44.1 Å². The van der Waals surface area contributed by atoms with E-state index in [2.05, 4.69) is 41.7 Å². The van der Waals surface area contributed by atoms with Crippen molar-refractivity contribution in [3.8, 4) is 11.5 Å². The van der Waals surface area contributed by atoms with Gasteiger partial charge in [0.25, 0.3) is 23.6 Å². The third-order valence-corrected chi connectivity index (χ3v) is 11.2. The number of methoxy groups -OCH3 is 2. The largest absolute Gasteiger partial charge is 0.495 e. The van der Waals surface area contributed by atoms with Crippen molar-refractivity contribution in [3.63, 3.8) is 0 Å². The number of Topliss-reactive ketones (excluding diaryl/α,β-unsaturated/α-hetero) is 2. The molecule has 21 heteroatoms. The van der Waals surface area contributed by atoms with E-state index < -0.39 is 47.3 Å². The Balaban J connectivity index is 1.29. The Kier molecular flexibility index (Phi) is 18.8. The summed E-state index contributed by atoms with van der Waals surface area (Å²) < 4.78 is 10.7. The number of halogens is 5. The first-order chi connectivity index (χ1) is 32.1. The Morgan fingerprint density at radius 3 is 1.45 bits per heavy atom. The molecule has 0 spiro atoms. The van der Waals surface area contributed by atoms with E-state index >= 15 is 0 Å². The van der Waals surface area contributed by atoms with Gasteiger partial charge in [-0.05, 0) is 104 Å². The van der Waals surface area contributed by atoms with Gasteiger partial charge < -0.3 is 30.7 Å². The van der Waals surface area contributed by atoms with E-state index in [0.29, 0.717) is 28.4 Å². The summed E-state index contributed by atoms with van der Waals surface area (Å²) in [5.74, 6) is -2.92. The minimum absolute atomic E-state index is 0.00663. The maximum Gasteiger partial charge on any atom is 0.258 e. The number of amides is 4. The number of carbonyl (C=O) groups is 6. The van der Waals surface area contributed by atoms with E-state index in [1.165, 1.54) is 68.8 Å². The first kappa shape index (κ1) is 51.6. The standard InChI is InChI=1S/C46H41Cl5N8O8/c1-24(60)41(58-56-33-9-5-7-30(39(33)50)43(62)54-35-19-26(22-48)11-15-37(35)66-3)45(64)52-29-13-14-32(28(21-29)17-18-47)53-46(65)42(25(2)61)59-57-34-10-6-8-31(40(34)51)44(63)55-36-20-27(23-49)12-16-38(36)67-4/h5-16,19-21,41-42H,17-18,22-23H2,1-4H3,(H,52,64)(H,53,65)(H,54,62)(H,55,63). The average molecular weight is 1010 g/mol. The van der Waals surface area contributed by atoms with Crippen molar-refractivity contribution in [3.05, 3.63) is 129 Å². The van der Waals surface area contributed by atoms with Gasteiger partial charge in [0.05, 0.1) is 46.8 Å². The molecule has 348 valence electrons. The molecule has 16 nitrogen and oxygen atoms in total. The highest BCUT2D eigenvalue weighted by Gasteiger charge is 2.27. The number of hydrogen-bond donors (Lipinski definition) is 4. The number of rotatable bonds is 20. The van der Waals surface area contributed by atoms with Crippen LogP contribution in [0.15, 0.2) is 111 Å². The Hall–Kier alpha value is -6.43. The molecule has 0 aliphatic heterocycles. The van der Waals surface area contributed by atoms with Gasteiger partial charge >= 0.3 is 0 Å². The molecule has 4 N–H and O–H groups in total. The summed E-state index contributed by atoms with van der Waals surface area (Å²) in [5.41, 5.74) is 3.15. The van der Waals surface area contributed by atoms with Crippen molar-refractivity contribution in [2.75, 3.05) is 41.4 Å². The van der Waals surface area contributed by atoms with Crippen molar-refractivity contribution in [1.29, 1.82) is 0 Å². The molecule has 0 saturated carbocycles. The molecule has 0 aliphatic rings.